The van der Waals surface area contributed by atoms with Crippen LogP contribution < -0.4 is 15.5 Å². The molecular formula is C29H31ClF3N5O. The molecule has 0 aliphatic heterocycles. The van der Waals surface area contributed by atoms with Crippen molar-refractivity contribution >= 4 is 34.3 Å². The highest BCUT2D eigenvalue weighted by atomic mass is 35.5. The zero-order valence-corrected chi connectivity index (χ0v) is 22.6. The number of benzene rings is 2. The van der Waals surface area contributed by atoms with Gasteiger partial charge in [-0.1, -0.05) is 23.7 Å². The van der Waals surface area contributed by atoms with Crippen LogP contribution in [-0.2, 0) is 12.7 Å². The normalized spacial score (nSPS) is 17.9. The van der Waals surface area contributed by atoms with Crippen LogP contribution in [0.15, 0.2) is 59.0 Å². The van der Waals surface area contributed by atoms with Crippen LogP contribution in [0.1, 0.15) is 37.0 Å². The van der Waals surface area contributed by atoms with Gasteiger partial charge in [-0.05, 0) is 80.6 Å². The molecule has 2 aromatic carbocycles. The first kappa shape index (κ1) is 27.3. The maximum atomic E-state index is 13.1. The molecule has 1 aliphatic rings. The molecule has 2 N–H and O–H groups in total. The Balaban J connectivity index is 1.12. The van der Waals surface area contributed by atoms with E-state index in [1.807, 2.05) is 43.3 Å². The fourth-order valence-electron chi connectivity index (χ4n) is 5.07. The number of para-hydroxylation sites is 1. The average Bonchev–Trinajstić information content (AvgIpc) is 3.37. The summed E-state index contributed by atoms with van der Waals surface area (Å²) < 4.78 is 45.1. The van der Waals surface area contributed by atoms with E-state index in [0.717, 1.165) is 61.1 Å². The second kappa shape index (κ2) is 11.4. The molecule has 39 heavy (non-hydrogen) atoms. The molecule has 4 aromatic rings. The lowest BCUT2D eigenvalue weighted by atomic mass is 9.86. The molecule has 0 radical (unpaired) electrons. The quantitative estimate of drug-likeness (QED) is 0.235. The van der Waals surface area contributed by atoms with Gasteiger partial charge in [-0.2, -0.15) is 18.2 Å². The third-order valence-corrected chi connectivity index (χ3v) is 7.47. The first-order valence-electron chi connectivity index (χ1n) is 13.0. The number of halogens is 4. The third-order valence-electron chi connectivity index (χ3n) is 7.14. The number of nitrogens with one attached hydrogen (secondary N) is 2. The van der Waals surface area contributed by atoms with Gasteiger partial charge in [0.25, 0.3) is 0 Å². The predicted octanol–water partition coefficient (Wildman–Crippen LogP) is 7.39. The van der Waals surface area contributed by atoms with Gasteiger partial charge in [-0.3, -0.25) is 0 Å². The Morgan fingerprint density at radius 2 is 1.77 bits per heavy atom. The fraction of sp³-hybridized carbons (Fsp3) is 0.379. The standard InChI is InChI=1S/C29H31ClF3N5O/c1-38(2)27-22-5-3-4-6-25(22)36-28(37-27)35-20-10-7-18(8-11-20)16-34-17-21-12-14-26(39-21)23-15-19(29(31,32)33)9-13-24(23)30/h3-6,9,12-15,18,20,34H,7-8,10-11,16-17H2,1-2H3,(H,35,36,37)/t18-,20+. The van der Waals surface area contributed by atoms with Crippen LogP contribution in [-0.4, -0.2) is 36.6 Å². The molecule has 2 heterocycles. The lowest BCUT2D eigenvalue weighted by Crippen LogP contribution is -2.31. The van der Waals surface area contributed by atoms with E-state index in [1.54, 1.807) is 12.1 Å². The molecule has 1 aliphatic carbocycles. The van der Waals surface area contributed by atoms with E-state index in [1.165, 1.54) is 6.07 Å². The van der Waals surface area contributed by atoms with Crippen molar-refractivity contribution in [3.8, 4) is 11.3 Å². The summed E-state index contributed by atoms with van der Waals surface area (Å²) in [5, 5.41) is 8.22. The highest BCUT2D eigenvalue weighted by Crippen LogP contribution is 2.36. The number of alkyl halides is 3. The monoisotopic (exact) mass is 557 g/mol. The number of rotatable bonds is 8. The summed E-state index contributed by atoms with van der Waals surface area (Å²) >= 11 is 6.15. The van der Waals surface area contributed by atoms with Crippen LogP contribution in [0.25, 0.3) is 22.2 Å². The lowest BCUT2D eigenvalue weighted by Gasteiger charge is -2.29. The number of hydrogen-bond acceptors (Lipinski definition) is 6. The Bertz CT molecular complexity index is 1430. The maximum Gasteiger partial charge on any atom is 0.416 e. The van der Waals surface area contributed by atoms with Crippen LogP contribution in [0.3, 0.4) is 0 Å². The number of fused-ring (bicyclic) bond motifs is 1. The molecule has 10 heteroatoms. The molecule has 0 amide bonds. The zero-order valence-electron chi connectivity index (χ0n) is 21.9. The molecule has 5 rings (SSSR count). The Labute approximate surface area is 230 Å². The van der Waals surface area contributed by atoms with E-state index in [0.29, 0.717) is 36.0 Å². The number of aromatic nitrogens is 2. The SMILES string of the molecule is CN(C)c1nc(N[C@H]2CC[C@@H](CNCc3ccc(-c4cc(C(F)(F)F)ccc4Cl)o3)CC2)nc2ccccc12. The van der Waals surface area contributed by atoms with Gasteiger partial charge in [0.15, 0.2) is 0 Å². The summed E-state index contributed by atoms with van der Waals surface area (Å²) in [7, 11) is 3.97. The smallest absolute Gasteiger partial charge is 0.416 e. The summed E-state index contributed by atoms with van der Waals surface area (Å²) in [6.07, 6.45) is -0.246. The van der Waals surface area contributed by atoms with Crippen LogP contribution in [0.4, 0.5) is 24.9 Å². The van der Waals surface area contributed by atoms with Crippen LogP contribution in [0.5, 0.6) is 0 Å². The number of furan rings is 1. The van der Waals surface area contributed by atoms with Gasteiger partial charge in [-0.25, -0.2) is 4.98 Å². The van der Waals surface area contributed by atoms with Crippen LogP contribution >= 0.6 is 11.6 Å². The highest BCUT2D eigenvalue weighted by Gasteiger charge is 2.31. The molecule has 1 fully saturated rings. The second-order valence-electron chi connectivity index (χ2n) is 10.2. The molecule has 0 saturated heterocycles. The van der Waals surface area contributed by atoms with Gasteiger partial charge in [-0.15, -0.1) is 0 Å². The van der Waals surface area contributed by atoms with Crippen LogP contribution in [0.2, 0.25) is 5.02 Å². The van der Waals surface area contributed by atoms with E-state index >= 15 is 0 Å². The van der Waals surface area contributed by atoms with Crippen molar-refractivity contribution in [2.24, 2.45) is 5.92 Å². The minimum atomic E-state index is -4.44. The molecule has 0 spiro atoms. The molecule has 206 valence electrons. The number of anilines is 2. The topological polar surface area (TPSA) is 66.2 Å². The Kier molecular flexibility index (Phi) is 8.00. The molecule has 0 atom stereocenters. The second-order valence-corrected chi connectivity index (χ2v) is 10.6. The maximum absolute atomic E-state index is 13.1. The van der Waals surface area contributed by atoms with E-state index in [-0.39, 0.29) is 10.6 Å². The van der Waals surface area contributed by atoms with Crippen molar-refractivity contribution in [1.29, 1.82) is 0 Å². The van der Waals surface area contributed by atoms with Crippen molar-refractivity contribution in [3.63, 3.8) is 0 Å². The van der Waals surface area contributed by atoms with Gasteiger partial charge in [0.1, 0.15) is 17.3 Å². The molecule has 2 aromatic heterocycles. The van der Waals surface area contributed by atoms with Gasteiger partial charge < -0.3 is 20.0 Å². The molecule has 1 saturated carbocycles. The van der Waals surface area contributed by atoms with Gasteiger partial charge in [0.05, 0.1) is 22.6 Å². The van der Waals surface area contributed by atoms with Crippen molar-refractivity contribution in [2.45, 2.75) is 44.4 Å². The van der Waals surface area contributed by atoms with Crippen LogP contribution in [0, 0.1) is 5.92 Å². The molecule has 0 unspecified atom stereocenters. The lowest BCUT2D eigenvalue weighted by molar-refractivity contribution is -0.137. The summed E-state index contributed by atoms with van der Waals surface area (Å²) in [5.74, 6) is 3.07. The summed E-state index contributed by atoms with van der Waals surface area (Å²) in [4.78, 5) is 11.5. The summed E-state index contributed by atoms with van der Waals surface area (Å²) in [6.45, 7) is 1.33. The van der Waals surface area contributed by atoms with E-state index in [9.17, 15) is 13.2 Å². The van der Waals surface area contributed by atoms with Crippen molar-refractivity contribution in [2.75, 3.05) is 30.9 Å². The fourth-order valence-corrected chi connectivity index (χ4v) is 5.28. The first-order valence-corrected chi connectivity index (χ1v) is 13.4. The Morgan fingerprint density at radius 1 is 1.00 bits per heavy atom. The first-order chi connectivity index (χ1) is 18.7. The van der Waals surface area contributed by atoms with Gasteiger partial charge in [0, 0.05) is 31.1 Å². The highest BCUT2D eigenvalue weighted by molar-refractivity contribution is 6.33. The zero-order chi connectivity index (χ0) is 27.6. The largest absolute Gasteiger partial charge is 0.460 e. The van der Waals surface area contributed by atoms with Crippen molar-refractivity contribution in [1.82, 2.24) is 15.3 Å². The molecule has 0 bridgehead atoms. The Hall–Kier alpha value is -3.30. The summed E-state index contributed by atoms with van der Waals surface area (Å²) in [6, 6.07) is 15.0. The van der Waals surface area contributed by atoms with Gasteiger partial charge in [0.2, 0.25) is 5.95 Å². The molecular weight excluding hydrogens is 527 g/mol. The van der Waals surface area contributed by atoms with Crippen molar-refractivity contribution < 1.29 is 17.6 Å². The van der Waals surface area contributed by atoms with E-state index in [4.69, 9.17) is 26.0 Å². The Morgan fingerprint density at radius 3 is 2.51 bits per heavy atom. The van der Waals surface area contributed by atoms with Crippen molar-refractivity contribution in [3.05, 3.63) is 70.9 Å². The minimum Gasteiger partial charge on any atom is -0.460 e. The van der Waals surface area contributed by atoms with E-state index < -0.39 is 11.7 Å². The van der Waals surface area contributed by atoms with Gasteiger partial charge >= 0.3 is 6.18 Å². The predicted molar refractivity (Wildman–Crippen MR) is 149 cm³/mol. The number of hydrogen-bond donors (Lipinski definition) is 2. The average molecular weight is 558 g/mol. The molecule has 6 nitrogen and oxygen atoms in total. The third kappa shape index (κ3) is 6.47. The minimum absolute atomic E-state index is 0.217. The summed E-state index contributed by atoms with van der Waals surface area (Å²) in [5.41, 5.74) is 0.401. The van der Waals surface area contributed by atoms with E-state index in [2.05, 4.69) is 10.6 Å². The number of nitrogens with zero attached hydrogens (tertiary/aromatic N) is 3.